The normalized spacial score (nSPS) is 17.2. The molecule has 0 aromatic heterocycles. The van der Waals surface area contributed by atoms with E-state index in [4.69, 9.17) is 15.2 Å². The Morgan fingerprint density at radius 1 is 1.40 bits per heavy atom. The lowest BCUT2D eigenvalue weighted by Crippen LogP contribution is -2.29. The molecule has 1 aliphatic rings. The average Bonchev–Trinajstić information content (AvgIpc) is 3.10. The summed E-state index contributed by atoms with van der Waals surface area (Å²) in [6.45, 7) is 0.595. The highest BCUT2D eigenvalue weighted by atomic mass is 16.5. The lowest BCUT2D eigenvalue weighted by atomic mass is 10.2. The van der Waals surface area contributed by atoms with Crippen molar-refractivity contribution in [2.75, 3.05) is 13.7 Å². The van der Waals surface area contributed by atoms with E-state index in [0.717, 1.165) is 11.5 Å². The number of hydrogen-bond acceptors (Lipinski definition) is 3. The summed E-state index contributed by atoms with van der Waals surface area (Å²) in [5.74, 6) is 2.31. The van der Waals surface area contributed by atoms with Crippen molar-refractivity contribution >= 4 is 0 Å². The van der Waals surface area contributed by atoms with Crippen LogP contribution in [0.25, 0.3) is 0 Å². The highest BCUT2D eigenvalue weighted by molar-refractivity contribution is 5.32. The zero-order chi connectivity index (χ0) is 10.7. The fourth-order valence-corrected chi connectivity index (χ4v) is 1.54. The molecule has 1 aromatic rings. The van der Waals surface area contributed by atoms with Gasteiger partial charge in [0.05, 0.1) is 7.11 Å². The van der Waals surface area contributed by atoms with E-state index in [1.54, 1.807) is 7.11 Å². The van der Waals surface area contributed by atoms with Crippen molar-refractivity contribution in [2.45, 2.75) is 18.9 Å². The molecule has 1 unspecified atom stereocenters. The molecular weight excluding hydrogens is 190 g/mol. The zero-order valence-corrected chi connectivity index (χ0v) is 8.98. The van der Waals surface area contributed by atoms with Crippen LogP contribution in [0.5, 0.6) is 11.5 Å². The van der Waals surface area contributed by atoms with Crippen LogP contribution in [0.4, 0.5) is 0 Å². The predicted molar refractivity (Wildman–Crippen MR) is 59.2 cm³/mol. The molecule has 15 heavy (non-hydrogen) atoms. The van der Waals surface area contributed by atoms with Crippen molar-refractivity contribution in [1.29, 1.82) is 0 Å². The van der Waals surface area contributed by atoms with E-state index in [1.165, 1.54) is 12.8 Å². The van der Waals surface area contributed by atoms with Gasteiger partial charge in [0.15, 0.2) is 0 Å². The Bertz CT molecular complexity index is 323. The summed E-state index contributed by atoms with van der Waals surface area (Å²) in [4.78, 5) is 0. The van der Waals surface area contributed by atoms with Gasteiger partial charge in [-0.15, -0.1) is 0 Å². The maximum atomic E-state index is 5.94. The smallest absolute Gasteiger partial charge is 0.123 e. The van der Waals surface area contributed by atoms with Crippen LogP contribution in [0.2, 0.25) is 0 Å². The highest BCUT2D eigenvalue weighted by Crippen LogP contribution is 2.31. The van der Waals surface area contributed by atoms with Gasteiger partial charge in [-0.3, -0.25) is 0 Å². The number of nitrogens with two attached hydrogens (primary N) is 1. The van der Waals surface area contributed by atoms with Gasteiger partial charge in [-0.1, -0.05) is 6.07 Å². The van der Waals surface area contributed by atoms with Gasteiger partial charge in [-0.25, -0.2) is 0 Å². The minimum absolute atomic E-state index is 0.177. The molecule has 0 radical (unpaired) electrons. The van der Waals surface area contributed by atoms with Crippen LogP contribution < -0.4 is 15.2 Å². The van der Waals surface area contributed by atoms with Crippen LogP contribution >= 0.6 is 0 Å². The van der Waals surface area contributed by atoms with Gasteiger partial charge in [-0.2, -0.15) is 0 Å². The van der Waals surface area contributed by atoms with Crippen molar-refractivity contribution in [3.05, 3.63) is 24.3 Å². The van der Waals surface area contributed by atoms with E-state index in [2.05, 4.69) is 0 Å². The van der Waals surface area contributed by atoms with Gasteiger partial charge in [0, 0.05) is 12.1 Å². The standard InChI is InChI=1S/C12H17NO2/c1-14-10-3-2-4-11(7-10)15-8-12(13)9-5-6-9/h2-4,7,9,12H,5-6,8,13H2,1H3. The van der Waals surface area contributed by atoms with E-state index in [-0.39, 0.29) is 6.04 Å². The van der Waals surface area contributed by atoms with E-state index in [1.807, 2.05) is 24.3 Å². The third-order valence-corrected chi connectivity index (χ3v) is 2.71. The van der Waals surface area contributed by atoms with Crippen LogP contribution in [0.3, 0.4) is 0 Å². The molecule has 82 valence electrons. The largest absolute Gasteiger partial charge is 0.497 e. The van der Waals surface area contributed by atoms with Crippen molar-refractivity contribution in [1.82, 2.24) is 0 Å². The summed E-state index contributed by atoms with van der Waals surface area (Å²) in [5, 5.41) is 0. The van der Waals surface area contributed by atoms with Crippen LogP contribution in [-0.4, -0.2) is 19.8 Å². The SMILES string of the molecule is COc1cccc(OCC(N)C2CC2)c1. The summed E-state index contributed by atoms with van der Waals surface area (Å²) in [7, 11) is 1.65. The Hall–Kier alpha value is -1.22. The van der Waals surface area contributed by atoms with E-state index in [0.29, 0.717) is 12.5 Å². The number of ether oxygens (including phenoxy) is 2. The van der Waals surface area contributed by atoms with E-state index >= 15 is 0 Å². The third-order valence-electron chi connectivity index (χ3n) is 2.71. The predicted octanol–water partition coefficient (Wildman–Crippen LogP) is 1.81. The van der Waals surface area contributed by atoms with Crippen LogP contribution in [0.1, 0.15) is 12.8 Å². The summed E-state index contributed by atoms with van der Waals surface area (Å²) in [5.41, 5.74) is 5.94. The highest BCUT2D eigenvalue weighted by Gasteiger charge is 2.28. The van der Waals surface area contributed by atoms with Crippen LogP contribution in [0, 0.1) is 5.92 Å². The first-order valence-corrected chi connectivity index (χ1v) is 5.32. The molecule has 3 nitrogen and oxygen atoms in total. The molecule has 1 fully saturated rings. The molecular formula is C12H17NO2. The van der Waals surface area contributed by atoms with Crippen LogP contribution in [0.15, 0.2) is 24.3 Å². The summed E-state index contributed by atoms with van der Waals surface area (Å²) >= 11 is 0. The van der Waals surface area contributed by atoms with Gasteiger partial charge in [-0.05, 0) is 30.9 Å². The topological polar surface area (TPSA) is 44.5 Å². The van der Waals surface area contributed by atoms with Crippen molar-refractivity contribution in [3.63, 3.8) is 0 Å². The monoisotopic (exact) mass is 207 g/mol. The molecule has 2 N–H and O–H groups in total. The molecule has 1 aliphatic carbocycles. The average molecular weight is 207 g/mol. The lowest BCUT2D eigenvalue weighted by Gasteiger charge is -2.12. The van der Waals surface area contributed by atoms with Crippen LogP contribution in [-0.2, 0) is 0 Å². The maximum absolute atomic E-state index is 5.94. The Labute approximate surface area is 90.2 Å². The Balaban J connectivity index is 1.86. The summed E-state index contributed by atoms with van der Waals surface area (Å²) < 4.78 is 10.7. The van der Waals surface area contributed by atoms with E-state index in [9.17, 15) is 0 Å². The molecule has 2 rings (SSSR count). The molecule has 0 spiro atoms. The molecule has 0 saturated heterocycles. The number of benzene rings is 1. The second kappa shape index (κ2) is 4.53. The molecule has 0 aliphatic heterocycles. The summed E-state index contributed by atoms with van der Waals surface area (Å²) in [6, 6.07) is 7.78. The van der Waals surface area contributed by atoms with Gasteiger partial charge in [0.2, 0.25) is 0 Å². The Kier molecular flexibility index (Phi) is 3.11. The second-order valence-electron chi connectivity index (χ2n) is 3.99. The Morgan fingerprint density at radius 2 is 2.13 bits per heavy atom. The zero-order valence-electron chi connectivity index (χ0n) is 8.98. The maximum Gasteiger partial charge on any atom is 0.123 e. The first kappa shape index (κ1) is 10.3. The van der Waals surface area contributed by atoms with Crippen molar-refractivity contribution in [3.8, 4) is 11.5 Å². The molecule has 0 amide bonds. The van der Waals surface area contributed by atoms with Crippen molar-refractivity contribution in [2.24, 2.45) is 11.7 Å². The second-order valence-corrected chi connectivity index (χ2v) is 3.99. The minimum Gasteiger partial charge on any atom is -0.497 e. The quantitative estimate of drug-likeness (QED) is 0.800. The number of rotatable bonds is 5. The first-order chi connectivity index (χ1) is 7.29. The molecule has 1 aromatic carbocycles. The molecule has 0 bridgehead atoms. The van der Waals surface area contributed by atoms with Crippen molar-refractivity contribution < 1.29 is 9.47 Å². The lowest BCUT2D eigenvalue weighted by molar-refractivity contribution is 0.274. The molecule has 1 atom stereocenters. The Morgan fingerprint density at radius 3 is 2.80 bits per heavy atom. The van der Waals surface area contributed by atoms with Gasteiger partial charge < -0.3 is 15.2 Å². The third kappa shape index (κ3) is 2.86. The van der Waals surface area contributed by atoms with Gasteiger partial charge in [0.1, 0.15) is 18.1 Å². The summed E-state index contributed by atoms with van der Waals surface area (Å²) in [6.07, 6.45) is 2.51. The molecule has 3 heteroatoms. The van der Waals surface area contributed by atoms with Gasteiger partial charge in [0.25, 0.3) is 0 Å². The fourth-order valence-electron chi connectivity index (χ4n) is 1.54. The minimum atomic E-state index is 0.177. The number of methoxy groups -OCH3 is 1. The molecule has 0 heterocycles. The number of hydrogen-bond donors (Lipinski definition) is 1. The van der Waals surface area contributed by atoms with E-state index < -0.39 is 0 Å². The fraction of sp³-hybridized carbons (Fsp3) is 0.500. The van der Waals surface area contributed by atoms with Gasteiger partial charge >= 0.3 is 0 Å². The first-order valence-electron chi connectivity index (χ1n) is 5.32. The molecule has 1 saturated carbocycles.